The second-order valence-electron chi connectivity index (χ2n) is 5.19. The maximum Gasteiger partial charge on any atom is 0.213 e. The van der Waals surface area contributed by atoms with E-state index in [2.05, 4.69) is 29.2 Å². The molecule has 1 fully saturated rings. The summed E-state index contributed by atoms with van der Waals surface area (Å²) < 4.78 is 5.06. The van der Waals surface area contributed by atoms with Gasteiger partial charge >= 0.3 is 0 Å². The predicted molar refractivity (Wildman–Crippen MR) is 74.1 cm³/mol. The highest BCUT2D eigenvalue weighted by atomic mass is 16.5. The van der Waals surface area contributed by atoms with E-state index in [4.69, 9.17) is 4.74 Å². The van der Waals surface area contributed by atoms with Crippen LogP contribution in [0.5, 0.6) is 5.88 Å². The number of piperidine rings is 1. The van der Waals surface area contributed by atoms with Crippen LogP contribution in [-0.2, 0) is 0 Å². The van der Waals surface area contributed by atoms with Gasteiger partial charge in [-0.3, -0.25) is 0 Å². The number of methoxy groups -OCH3 is 1. The van der Waals surface area contributed by atoms with Gasteiger partial charge in [-0.2, -0.15) is 0 Å². The molecule has 2 unspecified atom stereocenters. The molecular formula is C14H23N3O. The number of anilines is 1. The van der Waals surface area contributed by atoms with E-state index in [0.29, 0.717) is 17.8 Å². The Balaban J connectivity index is 1.91. The predicted octanol–water partition coefficient (Wildman–Crippen LogP) is 2.23. The number of pyridine rings is 1. The Morgan fingerprint density at radius 3 is 2.94 bits per heavy atom. The zero-order valence-electron chi connectivity index (χ0n) is 11.5. The van der Waals surface area contributed by atoms with Gasteiger partial charge in [-0.25, -0.2) is 4.98 Å². The zero-order chi connectivity index (χ0) is 13.0. The summed E-state index contributed by atoms with van der Waals surface area (Å²) in [5.41, 5.74) is 1.07. The van der Waals surface area contributed by atoms with Crippen molar-refractivity contribution in [2.75, 3.05) is 32.6 Å². The molecule has 1 aromatic rings. The number of rotatable bonds is 4. The fourth-order valence-electron chi connectivity index (χ4n) is 2.58. The van der Waals surface area contributed by atoms with Gasteiger partial charge in [0.25, 0.3) is 0 Å². The van der Waals surface area contributed by atoms with Crippen molar-refractivity contribution in [3.8, 4) is 5.88 Å². The minimum atomic E-state index is 0.475. The molecule has 0 aliphatic carbocycles. The largest absolute Gasteiger partial charge is 0.481 e. The van der Waals surface area contributed by atoms with Crippen molar-refractivity contribution in [2.45, 2.75) is 25.8 Å². The monoisotopic (exact) mass is 249 g/mol. The summed E-state index contributed by atoms with van der Waals surface area (Å²) in [4.78, 5) is 6.63. The smallest absolute Gasteiger partial charge is 0.213 e. The van der Waals surface area contributed by atoms with E-state index in [9.17, 15) is 0 Å². The van der Waals surface area contributed by atoms with Gasteiger partial charge in [0.15, 0.2) is 0 Å². The summed E-state index contributed by atoms with van der Waals surface area (Å²) in [7, 11) is 3.84. The van der Waals surface area contributed by atoms with E-state index in [0.717, 1.165) is 5.69 Å². The molecule has 4 nitrogen and oxygen atoms in total. The number of hydrogen-bond acceptors (Lipinski definition) is 4. The molecule has 18 heavy (non-hydrogen) atoms. The normalized spacial score (nSPS) is 22.5. The van der Waals surface area contributed by atoms with E-state index < -0.39 is 0 Å². The molecule has 4 heteroatoms. The maximum absolute atomic E-state index is 5.06. The lowest BCUT2D eigenvalue weighted by Gasteiger charge is -2.34. The highest BCUT2D eigenvalue weighted by molar-refractivity contribution is 5.43. The highest BCUT2D eigenvalue weighted by Gasteiger charge is 2.22. The van der Waals surface area contributed by atoms with Crippen LogP contribution in [0.4, 0.5) is 5.69 Å². The first kappa shape index (κ1) is 13.1. The third kappa shape index (κ3) is 3.35. The van der Waals surface area contributed by atoms with Crippen LogP contribution in [0.25, 0.3) is 0 Å². The maximum atomic E-state index is 5.06. The molecule has 0 radical (unpaired) electrons. The molecule has 0 saturated carbocycles. The summed E-state index contributed by atoms with van der Waals surface area (Å²) in [6.45, 7) is 4.67. The zero-order valence-corrected chi connectivity index (χ0v) is 11.5. The van der Waals surface area contributed by atoms with Crippen molar-refractivity contribution >= 4 is 5.69 Å². The Morgan fingerprint density at radius 2 is 2.33 bits per heavy atom. The quantitative estimate of drug-likeness (QED) is 0.888. The van der Waals surface area contributed by atoms with Gasteiger partial charge in [0.1, 0.15) is 0 Å². The van der Waals surface area contributed by atoms with Crippen molar-refractivity contribution in [3.63, 3.8) is 0 Å². The molecule has 0 spiro atoms. The molecule has 2 rings (SSSR count). The molecular weight excluding hydrogens is 226 g/mol. The summed E-state index contributed by atoms with van der Waals surface area (Å²) in [6, 6.07) is 4.39. The fourth-order valence-corrected chi connectivity index (χ4v) is 2.58. The lowest BCUT2D eigenvalue weighted by atomic mass is 9.92. The van der Waals surface area contributed by atoms with E-state index in [-0.39, 0.29) is 0 Å². The van der Waals surface area contributed by atoms with E-state index in [1.807, 2.05) is 18.3 Å². The topological polar surface area (TPSA) is 37.4 Å². The van der Waals surface area contributed by atoms with Crippen molar-refractivity contribution in [2.24, 2.45) is 5.92 Å². The molecule has 2 heterocycles. The van der Waals surface area contributed by atoms with Crippen LogP contribution in [0.15, 0.2) is 18.3 Å². The third-order valence-corrected chi connectivity index (χ3v) is 3.71. The summed E-state index contributed by atoms with van der Waals surface area (Å²) in [5, 5.41) is 3.54. The van der Waals surface area contributed by atoms with Crippen molar-refractivity contribution in [1.29, 1.82) is 0 Å². The van der Waals surface area contributed by atoms with Crippen LogP contribution in [0.2, 0.25) is 0 Å². The van der Waals surface area contributed by atoms with Gasteiger partial charge < -0.3 is 15.0 Å². The molecule has 2 atom stereocenters. The number of nitrogens with one attached hydrogen (secondary N) is 1. The van der Waals surface area contributed by atoms with Gasteiger partial charge in [-0.1, -0.05) is 0 Å². The van der Waals surface area contributed by atoms with Gasteiger partial charge in [-0.15, -0.1) is 0 Å². The number of aromatic nitrogens is 1. The Hall–Kier alpha value is -1.29. The number of hydrogen-bond donors (Lipinski definition) is 1. The van der Waals surface area contributed by atoms with Crippen LogP contribution in [-0.4, -0.2) is 43.2 Å². The van der Waals surface area contributed by atoms with Gasteiger partial charge in [-0.05, 0) is 45.3 Å². The molecule has 100 valence electrons. The Kier molecular flexibility index (Phi) is 4.42. The SMILES string of the molecule is COc1ccc(NC(C)C2CCCN(C)C2)cn1. The van der Waals surface area contributed by atoms with E-state index in [1.54, 1.807) is 7.11 Å². The van der Waals surface area contributed by atoms with E-state index >= 15 is 0 Å². The molecule has 1 saturated heterocycles. The standard InChI is InChI=1S/C14H23N3O/c1-11(12-5-4-8-17(2)10-12)16-13-6-7-14(18-3)15-9-13/h6-7,9,11-12,16H,4-5,8,10H2,1-3H3. The average Bonchev–Trinajstić information content (AvgIpc) is 2.39. The van der Waals surface area contributed by atoms with Crippen LogP contribution in [0.1, 0.15) is 19.8 Å². The number of nitrogens with zero attached hydrogens (tertiary/aromatic N) is 2. The van der Waals surface area contributed by atoms with Crippen LogP contribution < -0.4 is 10.1 Å². The number of likely N-dealkylation sites (tertiary alicyclic amines) is 1. The molecule has 1 aliphatic rings. The molecule has 1 aromatic heterocycles. The fraction of sp³-hybridized carbons (Fsp3) is 0.643. The van der Waals surface area contributed by atoms with Gasteiger partial charge in [0.05, 0.1) is 19.0 Å². The van der Waals surface area contributed by atoms with Crippen LogP contribution in [0, 0.1) is 5.92 Å². The summed E-state index contributed by atoms with van der Waals surface area (Å²) >= 11 is 0. The van der Waals surface area contributed by atoms with Gasteiger partial charge in [0.2, 0.25) is 5.88 Å². The Bertz CT molecular complexity index is 366. The summed E-state index contributed by atoms with van der Waals surface area (Å²) in [6.07, 6.45) is 4.44. The molecule has 0 aromatic carbocycles. The molecule has 1 N–H and O–H groups in total. The first-order valence-electron chi connectivity index (χ1n) is 6.64. The molecule has 0 bridgehead atoms. The first-order valence-corrected chi connectivity index (χ1v) is 6.64. The van der Waals surface area contributed by atoms with Crippen LogP contribution in [0.3, 0.4) is 0 Å². The molecule has 0 amide bonds. The molecule has 1 aliphatic heterocycles. The summed E-state index contributed by atoms with van der Waals surface area (Å²) in [5.74, 6) is 1.37. The second kappa shape index (κ2) is 6.05. The second-order valence-corrected chi connectivity index (χ2v) is 5.19. The van der Waals surface area contributed by atoms with Crippen molar-refractivity contribution in [1.82, 2.24) is 9.88 Å². The van der Waals surface area contributed by atoms with Crippen LogP contribution >= 0.6 is 0 Å². The highest BCUT2D eigenvalue weighted by Crippen LogP contribution is 2.21. The Labute approximate surface area is 109 Å². The average molecular weight is 249 g/mol. The van der Waals surface area contributed by atoms with Crippen molar-refractivity contribution in [3.05, 3.63) is 18.3 Å². The lowest BCUT2D eigenvalue weighted by Crippen LogP contribution is -2.39. The van der Waals surface area contributed by atoms with Crippen molar-refractivity contribution < 1.29 is 4.74 Å². The minimum absolute atomic E-state index is 0.475. The van der Waals surface area contributed by atoms with E-state index in [1.165, 1.54) is 25.9 Å². The lowest BCUT2D eigenvalue weighted by molar-refractivity contribution is 0.197. The third-order valence-electron chi connectivity index (χ3n) is 3.71. The number of ether oxygens (including phenoxy) is 1. The Morgan fingerprint density at radius 1 is 1.50 bits per heavy atom. The minimum Gasteiger partial charge on any atom is -0.481 e. The first-order chi connectivity index (χ1) is 8.69. The van der Waals surface area contributed by atoms with Gasteiger partial charge in [0, 0.05) is 18.7 Å².